The molecule has 0 unspecified atom stereocenters. The maximum atomic E-state index is 12.3. The molecule has 0 heterocycles. The van der Waals surface area contributed by atoms with Gasteiger partial charge in [-0.25, -0.2) is 0 Å². The van der Waals surface area contributed by atoms with E-state index in [0.29, 0.717) is 6.54 Å². The molecule has 0 aromatic heterocycles. The molecule has 25 heavy (non-hydrogen) atoms. The zero-order chi connectivity index (χ0) is 17.6. The van der Waals surface area contributed by atoms with Gasteiger partial charge in [-0.3, -0.25) is 4.79 Å². The van der Waals surface area contributed by atoms with Gasteiger partial charge in [-0.15, -0.1) is 0 Å². The lowest BCUT2D eigenvalue weighted by Crippen LogP contribution is -2.38. The minimum atomic E-state index is -0.496. The van der Waals surface area contributed by atoms with Crippen LogP contribution in [0.2, 0.25) is 0 Å². The second kappa shape index (κ2) is 8.19. The Kier molecular flexibility index (Phi) is 5.75. The first-order valence-electron chi connectivity index (χ1n) is 9.24. The third kappa shape index (κ3) is 4.62. The zero-order valence-electron chi connectivity index (χ0n) is 15.1. The molecule has 132 valence electrons. The highest BCUT2D eigenvalue weighted by Crippen LogP contribution is 2.25. The normalized spacial score (nSPS) is 15.8. The first-order valence-corrected chi connectivity index (χ1v) is 9.24. The van der Waals surface area contributed by atoms with Crippen LogP contribution in [-0.2, 0) is 17.6 Å². The molecule has 1 N–H and O–H groups in total. The molecule has 1 aliphatic carbocycles. The maximum Gasteiger partial charge on any atom is 0.260 e. The Morgan fingerprint density at radius 2 is 1.76 bits per heavy atom. The smallest absolute Gasteiger partial charge is 0.260 e. The molecule has 1 aliphatic rings. The molecule has 0 radical (unpaired) electrons. The first kappa shape index (κ1) is 17.5. The predicted octanol–water partition coefficient (Wildman–Crippen LogP) is 4.25. The van der Waals surface area contributed by atoms with E-state index in [9.17, 15) is 4.79 Å². The number of carbonyl (C=O) groups is 1. The summed E-state index contributed by atoms with van der Waals surface area (Å²) in [6.45, 7) is 4.54. The summed E-state index contributed by atoms with van der Waals surface area (Å²) in [6.07, 6.45) is 4.28. The number of hydrogen-bond donors (Lipinski definition) is 1. The van der Waals surface area contributed by atoms with E-state index in [1.807, 2.05) is 31.2 Å². The van der Waals surface area contributed by atoms with E-state index >= 15 is 0 Å². The Hall–Kier alpha value is -2.29. The third-order valence-corrected chi connectivity index (χ3v) is 4.95. The van der Waals surface area contributed by atoms with Crippen LogP contribution < -0.4 is 10.1 Å². The van der Waals surface area contributed by atoms with Crippen LogP contribution in [0.15, 0.2) is 48.5 Å². The van der Waals surface area contributed by atoms with Crippen LogP contribution in [0.1, 0.15) is 49.3 Å². The molecule has 3 nitrogen and oxygen atoms in total. The van der Waals surface area contributed by atoms with Gasteiger partial charge in [0, 0.05) is 6.54 Å². The van der Waals surface area contributed by atoms with Crippen LogP contribution in [-0.4, -0.2) is 18.6 Å². The highest BCUT2D eigenvalue weighted by molar-refractivity contribution is 5.80. The number of ether oxygens (including phenoxy) is 1. The Labute approximate surface area is 150 Å². The Balaban J connectivity index is 1.52. The second-order valence-electron chi connectivity index (χ2n) is 6.95. The molecule has 3 heteroatoms. The summed E-state index contributed by atoms with van der Waals surface area (Å²) in [6, 6.07) is 16.5. The Bertz CT molecular complexity index is 711. The fraction of sp³-hybridized carbons (Fsp3) is 0.409. The van der Waals surface area contributed by atoms with Gasteiger partial charge < -0.3 is 10.1 Å². The summed E-state index contributed by atoms with van der Waals surface area (Å²) in [5.74, 6) is 1.00. The van der Waals surface area contributed by atoms with Crippen LogP contribution in [0.25, 0.3) is 0 Å². The molecule has 2 aromatic carbocycles. The van der Waals surface area contributed by atoms with Gasteiger partial charge in [0.25, 0.3) is 5.91 Å². The quantitative estimate of drug-likeness (QED) is 0.855. The number of fused-ring (bicyclic) bond motifs is 1. The lowest BCUT2D eigenvalue weighted by molar-refractivity contribution is -0.127. The molecule has 1 amide bonds. The van der Waals surface area contributed by atoms with E-state index in [-0.39, 0.29) is 11.8 Å². The van der Waals surface area contributed by atoms with Crippen LogP contribution >= 0.6 is 0 Å². The number of amides is 1. The topological polar surface area (TPSA) is 38.3 Å². The monoisotopic (exact) mass is 337 g/mol. The van der Waals surface area contributed by atoms with Crippen molar-refractivity contribution in [3.05, 3.63) is 65.2 Å². The van der Waals surface area contributed by atoms with Gasteiger partial charge >= 0.3 is 0 Å². The van der Waals surface area contributed by atoms with Crippen molar-refractivity contribution in [3.63, 3.8) is 0 Å². The summed E-state index contributed by atoms with van der Waals surface area (Å²) in [7, 11) is 0. The minimum absolute atomic E-state index is 0.0690. The number of aryl methyl sites for hydroxylation is 2. The molecular formula is C22H27NO2. The second-order valence-corrected chi connectivity index (χ2v) is 6.95. The van der Waals surface area contributed by atoms with Gasteiger partial charge in [0.1, 0.15) is 5.75 Å². The summed E-state index contributed by atoms with van der Waals surface area (Å²) in [5.41, 5.74) is 4.02. The summed E-state index contributed by atoms with van der Waals surface area (Å²) < 4.78 is 5.87. The third-order valence-electron chi connectivity index (χ3n) is 4.95. The van der Waals surface area contributed by atoms with E-state index in [4.69, 9.17) is 4.74 Å². The maximum absolute atomic E-state index is 12.3. The Morgan fingerprint density at radius 3 is 2.52 bits per heavy atom. The van der Waals surface area contributed by atoms with Crippen molar-refractivity contribution in [1.29, 1.82) is 0 Å². The standard InChI is InChI=1S/C22H27NO2/c1-16(18-8-4-3-5-9-18)15-23-22(24)17(2)25-21-13-12-19-10-6-7-11-20(19)14-21/h3-5,8-9,12-14,16-17H,6-7,10-11,15H2,1-2H3,(H,23,24)/t16-,17-/m1/s1. The molecule has 2 aromatic rings. The van der Waals surface area contributed by atoms with Gasteiger partial charge in [0.05, 0.1) is 0 Å². The highest BCUT2D eigenvalue weighted by atomic mass is 16.5. The van der Waals surface area contributed by atoms with Crippen molar-refractivity contribution < 1.29 is 9.53 Å². The average molecular weight is 337 g/mol. The highest BCUT2D eigenvalue weighted by Gasteiger charge is 2.17. The van der Waals surface area contributed by atoms with E-state index < -0.39 is 6.10 Å². The van der Waals surface area contributed by atoms with Gasteiger partial charge in [-0.2, -0.15) is 0 Å². The molecule has 3 rings (SSSR count). The van der Waals surface area contributed by atoms with E-state index in [0.717, 1.165) is 18.6 Å². The lowest BCUT2D eigenvalue weighted by atomic mass is 9.92. The number of carbonyl (C=O) groups excluding carboxylic acids is 1. The molecule has 0 saturated heterocycles. The summed E-state index contributed by atoms with van der Waals surface area (Å²) in [5, 5.41) is 3.00. The van der Waals surface area contributed by atoms with Gasteiger partial charge in [-0.1, -0.05) is 43.3 Å². The van der Waals surface area contributed by atoms with E-state index in [1.54, 1.807) is 0 Å². The molecule has 0 aliphatic heterocycles. The largest absolute Gasteiger partial charge is 0.481 e. The van der Waals surface area contributed by atoms with Crippen molar-refractivity contribution >= 4 is 5.91 Å². The SMILES string of the molecule is C[C@H](CNC(=O)[C@@H](C)Oc1ccc2c(c1)CCCC2)c1ccccc1. The molecule has 0 saturated carbocycles. The van der Waals surface area contributed by atoms with Crippen molar-refractivity contribution in [1.82, 2.24) is 5.32 Å². The summed E-state index contributed by atoms with van der Waals surface area (Å²) >= 11 is 0. The van der Waals surface area contributed by atoms with Crippen molar-refractivity contribution in [2.24, 2.45) is 0 Å². The van der Waals surface area contributed by atoms with E-state index in [2.05, 4.69) is 36.5 Å². The van der Waals surface area contributed by atoms with Crippen LogP contribution in [0.3, 0.4) is 0 Å². The molecule has 2 atom stereocenters. The Morgan fingerprint density at radius 1 is 1.04 bits per heavy atom. The van der Waals surface area contributed by atoms with Gasteiger partial charge in [0.15, 0.2) is 6.10 Å². The lowest BCUT2D eigenvalue weighted by Gasteiger charge is -2.20. The molecular weight excluding hydrogens is 310 g/mol. The van der Waals surface area contributed by atoms with Gasteiger partial charge in [0.2, 0.25) is 0 Å². The van der Waals surface area contributed by atoms with Crippen LogP contribution in [0.5, 0.6) is 5.75 Å². The predicted molar refractivity (Wildman–Crippen MR) is 101 cm³/mol. The van der Waals surface area contributed by atoms with Crippen molar-refractivity contribution in [2.45, 2.75) is 51.6 Å². The fourth-order valence-corrected chi connectivity index (χ4v) is 3.34. The minimum Gasteiger partial charge on any atom is -0.481 e. The molecule has 0 fully saturated rings. The molecule has 0 spiro atoms. The van der Waals surface area contributed by atoms with Crippen molar-refractivity contribution in [3.8, 4) is 5.75 Å². The molecule has 0 bridgehead atoms. The van der Waals surface area contributed by atoms with Gasteiger partial charge in [-0.05, 0) is 67.3 Å². The van der Waals surface area contributed by atoms with Crippen LogP contribution in [0.4, 0.5) is 0 Å². The number of benzene rings is 2. The number of rotatable bonds is 6. The number of nitrogens with one attached hydrogen (secondary N) is 1. The van der Waals surface area contributed by atoms with Crippen molar-refractivity contribution in [2.75, 3.05) is 6.54 Å². The average Bonchev–Trinajstić information content (AvgIpc) is 2.66. The first-order chi connectivity index (χ1) is 12.1. The zero-order valence-corrected chi connectivity index (χ0v) is 15.1. The van der Waals surface area contributed by atoms with Crippen LogP contribution in [0, 0.1) is 0 Å². The number of hydrogen-bond acceptors (Lipinski definition) is 2. The van der Waals surface area contributed by atoms with E-state index in [1.165, 1.54) is 29.5 Å². The fourth-order valence-electron chi connectivity index (χ4n) is 3.34. The summed E-state index contributed by atoms with van der Waals surface area (Å²) in [4.78, 5) is 12.3.